The predicted octanol–water partition coefficient (Wildman–Crippen LogP) is 3.35. The lowest BCUT2D eigenvalue weighted by Crippen LogP contribution is -2.19. The van der Waals surface area contributed by atoms with Crippen LogP contribution in [0.2, 0.25) is 0 Å². The second kappa shape index (κ2) is 5.94. The van der Waals surface area contributed by atoms with E-state index in [0.717, 1.165) is 16.6 Å². The van der Waals surface area contributed by atoms with Crippen LogP contribution in [0.15, 0.2) is 53.1 Å². The van der Waals surface area contributed by atoms with Gasteiger partial charge in [0.15, 0.2) is 0 Å². The van der Waals surface area contributed by atoms with Crippen molar-refractivity contribution in [3.63, 3.8) is 0 Å². The number of nitrogens with zero attached hydrogens (tertiary/aromatic N) is 1. The monoisotopic (exact) mass is 290 g/mol. The quantitative estimate of drug-likeness (QED) is 0.934. The summed E-state index contributed by atoms with van der Waals surface area (Å²) in [5.74, 6) is 0. The molecule has 17 heavy (non-hydrogen) atoms. The van der Waals surface area contributed by atoms with Crippen molar-refractivity contribution in [2.75, 3.05) is 7.05 Å². The summed E-state index contributed by atoms with van der Waals surface area (Å²) in [5.41, 5.74) is 2.37. The lowest BCUT2D eigenvalue weighted by Gasteiger charge is -2.15. The zero-order valence-corrected chi connectivity index (χ0v) is 11.3. The molecule has 0 radical (unpaired) electrons. The summed E-state index contributed by atoms with van der Waals surface area (Å²) in [7, 11) is 1.97. The molecule has 0 amide bonds. The molecule has 3 heteroatoms. The Balaban J connectivity index is 2.16. The van der Waals surface area contributed by atoms with Gasteiger partial charge in [-0.15, -0.1) is 0 Å². The molecule has 2 aromatic rings. The lowest BCUT2D eigenvalue weighted by atomic mass is 10.0. The number of nitrogens with one attached hydrogen (secondary N) is 1. The zero-order valence-electron chi connectivity index (χ0n) is 9.73. The first-order chi connectivity index (χ1) is 8.29. The standard InChI is InChI=1S/C14H15BrN2/c1-16-14(13-7-2-3-8-17-13)10-11-5-4-6-12(15)9-11/h2-9,14,16H,10H2,1H3. The van der Waals surface area contributed by atoms with E-state index in [0.29, 0.717) is 0 Å². The second-order valence-corrected chi connectivity index (χ2v) is 4.85. The maximum atomic E-state index is 4.39. The van der Waals surface area contributed by atoms with E-state index in [2.05, 4.69) is 50.5 Å². The third-order valence-electron chi connectivity index (χ3n) is 2.72. The summed E-state index contributed by atoms with van der Waals surface area (Å²) in [4.78, 5) is 4.39. The molecule has 0 bridgehead atoms. The number of aromatic nitrogens is 1. The van der Waals surface area contributed by atoms with Crippen LogP contribution in [0.4, 0.5) is 0 Å². The molecule has 0 saturated heterocycles. The number of pyridine rings is 1. The number of benzene rings is 1. The highest BCUT2D eigenvalue weighted by Gasteiger charge is 2.10. The second-order valence-electron chi connectivity index (χ2n) is 3.93. The van der Waals surface area contributed by atoms with Crippen molar-refractivity contribution in [2.24, 2.45) is 0 Å². The number of halogens is 1. The molecule has 1 atom stereocenters. The number of likely N-dealkylation sites (N-methyl/N-ethyl adjacent to an activating group) is 1. The summed E-state index contributed by atoms with van der Waals surface area (Å²) >= 11 is 3.49. The number of rotatable bonds is 4. The first-order valence-electron chi connectivity index (χ1n) is 5.62. The Morgan fingerprint density at radius 3 is 2.76 bits per heavy atom. The maximum Gasteiger partial charge on any atom is 0.0576 e. The molecule has 1 heterocycles. The van der Waals surface area contributed by atoms with Crippen LogP contribution in [0.1, 0.15) is 17.3 Å². The molecule has 0 aliphatic carbocycles. The fraction of sp³-hybridized carbons (Fsp3) is 0.214. The van der Waals surface area contributed by atoms with Crippen molar-refractivity contribution < 1.29 is 0 Å². The largest absolute Gasteiger partial charge is 0.311 e. The van der Waals surface area contributed by atoms with E-state index < -0.39 is 0 Å². The highest BCUT2D eigenvalue weighted by molar-refractivity contribution is 9.10. The minimum Gasteiger partial charge on any atom is -0.311 e. The van der Waals surface area contributed by atoms with Gasteiger partial charge in [0.25, 0.3) is 0 Å². The molecule has 1 aromatic heterocycles. The molecule has 2 nitrogen and oxygen atoms in total. The van der Waals surface area contributed by atoms with Crippen LogP contribution in [0.3, 0.4) is 0 Å². The SMILES string of the molecule is CNC(Cc1cccc(Br)c1)c1ccccn1. The number of hydrogen-bond donors (Lipinski definition) is 1. The normalized spacial score (nSPS) is 12.4. The molecule has 1 N–H and O–H groups in total. The van der Waals surface area contributed by atoms with E-state index in [1.54, 1.807) is 0 Å². The van der Waals surface area contributed by atoms with Crippen molar-refractivity contribution in [2.45, 2.75) is 12.5 Å². The van der Waals surface area contributed by atoms with Crippen molar-refractivity contribution in [1.82, 2.24) is 10.3 Å². The average molecular weight is 291 g/mol. The summed E-state index contributed by atoms with van der Waals surface area (Å²) in [6.07, 6.45) is 2.77. The fourth-order valence-corrected chi connectivity index (χ4v) is 2.28. The van der Waals surface area contributed by atoms with E-state index in [4.69, 9.17) is 0 Å². The van der Waals surface area contributed by atoms with Gasteiger partial charge in [-0.05, 0) is 43.3 Å². The van der Waals surface area contributed by atoms with Crippen LogP contribution >= 0.6 is 15.9 Å². The predicted molar refractivity (Wildman–Crippen MR) is 73.9 cm³/mol. The van der Waals surface area contributed by atoms with Crippen LogP contribution in [0.5, 0.6) is 0 Å². The minimum atomic E-state index is 0.255. The summed E-state index contributed by atoms with van der Waals surface area (Å²) < 4.78 is 1.12. The van der Waals surface area contributed by atoms with Gasteiger partial charge in [0.2, 0.25) is 0 Å². The molecule has 0 spiro atoms. The smallest absolute Gasteiger partial charge is 0.0576 e. The van der Waals surface area contributed by atoms with Gasteiger partial charge in [0, 0.05) is 10.7 Å². The van der Waals surface area contributed by atoms with Gasteiger partial charge in [0.05, 0.1) is 11.7 Å². The van der Waals surface area contributed by atoms with Crippen molar-refractivity contribution in [3.8, 4) is 0 Å². The van der Waals surface area contributed by atoms with Gasteiger partial charge >= 0.3 is 0 Å². The highest BCUT2D eigenvalue weighted by Crippen LogP contribution is 2.18. The van der Waals surface area contributed by atoms with Crippen molar-refractivity contribution in [3.05, 3.63) is 64.4 Å². The summed E-state index contributed by atoms with van der Waals surface area (Å²) in [6, 6.07) is 14.7. The van der Waals surface area contributed by atoms with Gasteiger partial charge in [-0.3, -0.25) is 4.98 Å². The van der Waals surface area contributed by atoms with Gasteiger partial charge in [-0.1, -0.05) is 34.1 Å². The molecule has 88 valence electrons. The zero-order chi connectivity index (χ0) is 12.1. The topological polar surface area (TPSA) is 24.9 Å². The Kier molecular flexibility index (Phi) is 4.29. The van der Waals surface area contributed by atoms with Gasteiger partial charge < -0.3 is 5.32 Å². The van der Waals surface area contributed by atoms with Crippen LogP contribution in [0.25, 0.3) is 0 Å². The molecule has 0 aliphatic rings. The molecule has 1 unspecified atom stereocenters. The van der Waals surface area contributed by atoms with Crippen LogP contribution < -0.4 is 5.32 Å². The number of hydrogen-bond acceptors (Lipinski definition) is 2. The van der Waals surface area contributed by atoms with E-state index in [-0.39, 0.29) is 6.04 Å². The molecule has 0 fully saturated rings. The average Bonchev–Trinajstić information content (AvgIpc) is 2.37. The molecular weight excluding hydrogens is 276 g/mol. The molecule has 0 aliphatic heterocycles. The van der Waals surface area contributed by atoms with E-state index >= 15 is 0 Å². The molecular formula is C14H15BrN2. The molecule has 0 saturated carbocycles. The summed E-state index contributed by atoms with van der Waals surface area (Å²) in [5, 5.41) is 3.31. The Labute approximate surface area is 110 Å². The minimum absolute atomic E-state index is 0.255. The Morgan fingerprint density at radius 2 is 2.12 bits per heavy atom. The molecule has 2 rings (SSSR count). The van der Waals surface area contributed by atoms with Crippen molar-refractivity contribution >= 4 is 15.9 Å². The van der Waals surface area contributed by atoms with Crippen LogP contribution in [-0.4, -0.2) is 12.0 Å². The van der Waals surface area contributed by atoms with E-state index in [1.807, 2.05) is 31.4 Å². The van der Waals surface area contributed by atoms with E-state index in [1.165, 1.54) is 5.56 Å². The van der Waals surface area contributed by atoms with E-state index in [9.17, 15) is 0 Å². The lowest BCUT2D eigenvalue weighted by molar-refractivity contribution is 0.576. The Hall–Kier alpha value is -1.19. The Bertz CT molecular complexity index is 471. The summed E-state index contributed by atoms with van der Waals surface area (Å²) in [6.45, 7) is 0. The Morgan fingerprint density at radius 1 is 1.24 bits per heavy atom. The van der Waals surface area contributed by atoms with Crippen molar-refractivity contribution in [1.29, 1.82) is 0 Å². The first kappa shape index (κ1) is 12.3. The fourth-order valence-electron chi connectivity index (χ4n) is 1.84. The highest BCUT2D eigenvalue weighted by atomic mass is 79.9. The third kappa shape index (κ3) is 3.38. The first-order valence-corrected chi connectivity index (χ1v) is 6.41. The molecule has 1 aromatic carbocycles. The maximum absolute atomic E-state index is 4.39. The van der Waals surface area contributed by atoms with Crippen LogP contribution in [-0.2, 0) is 6.42 Å². The van der Waals surface area contributed by atoms with Gasteiger partial charge in [-0.25, -0.2) is 0 Å². The van der Waals surface area contributed by atoms with Crippen LogP contribution in [0, 0.1) is 0 Å². The third-order valence-corrected chi connectivity index (χ3v) is 3.22. The van der Waals surface area contributed by atoms with Gasteiger partial charge in [-0.2, -0.15) is 0 Å². The van der Waals surface area contributed by atoms with Gasteiger partial charge in [0.1, 0.15) is 0 Å².